The smallest absolute Gasteiger partial charge is 0.223 e. The molecule has 0 aromatic rings. The fourth-order valence-electron chi connectivity index (χ4n) is 1.47. The molecule has 0 aromatic carbocycles. The lowest BCUT2D eigenvalue weighted by Crippen LogP contribution is -2.28. The number of amides is 1. The molecule has 1 heterocycles. The summed E-state index contributed by atoms with van der Waals surface area (Å²) in [6, 6.07) is 0. The van der Waals surface area contributed by atoms with Crippen molar-refractivity contribution in [2.24, 2.45) is 11.0 Å². The Hall–Kier alpha value is -1.26. The second-order valence-corrected chi connectivity index (χ2v) is 3.05. The highest BCUT2D eigenvalue weighted by atomic mass is 16.3. The summed E-state index contributed by atoms with van der Waals surface area (Å²) < 4.78 is 0. The topological polar surface area (TPSA) is 89.3 Å². The van der Waals surface area contributed by atoms with Gasteiger partial charge >= 0.3 is 0 Å². The zero-order valence-electron chi connectivity index (χ0n) is 7.26. The van der Waals surface area contributed by atoms with E-state index in [0.29, 0.717) is 26.1 Å². The van der Waals surface area contributed by atoms with Gasteiger partial charge in [-0.25, -0.2) is 0 Å². The van der Waals surface area contributed by atoms with E-state index in [4.69, 9.17) is 10.6 Å². The van der Waals surface area contributed by atoms with Crippen molar-refractivity contribution in [2.75, 3.05) is 26.2 Å². The van der Waals surface area contributed by atoms with Gasteiger partial charge in [-0.1, -0.05) is 5.11 Å². The Balaban J connectivity index is 2.40. The molecule has 0 radical (unpaired) electrons. The van der Waals surface area contributed by atoms with Gasteiger partial charge in [-0.15, -0.1) is 0 Å². The highest BCUT2D eigenvalue weighted by molar-refractivity contribution is 5.78. The number of hydrogen-bond acceptors (Lipinski definition) is 3. The van der Waals surface area contributed by atoms with Crippen molar-refractivity contribution in [3.05, 3.63) is 10.4 Å². The van der Waals surface area contributed by atoms with Crippen LogP contribution in [0.3, 0.4) is 0 Å². The number of aliphatic hydroxyl groups excluding tert-OH is 1. The van der Waals surface area contributed by atoms with E-state index in [1.807, 2.05) is 0 Å². The van der Waals surface area contributed by atoms with Crippen LogP contribution in [0.25, 0.3) is 10.4 Å². The van der Waals surface area contributed by atoms with Crippen molar-refractivity contribution in [1.82, 2.24) is 4.90 Å². The van der Waals surface area contributed by atoms with Gasteiger partial charge in [0.1, 0.15) is 0 Å². The van der Waals surface area contributed by atoms with Crippen molar-refractivity contribution >= 4 is 5.91 Å². The van der Waals surface area contributed by atoms with Crippen molar-refractivity contribution in [2.45, 2.75) is 6.42 Å². The Morgan fingerprint density at radius 1 is 1.77 bits per heavy atom. The van der Waals surface area contributed by atoms with E-state index >= 15 is 0 Å². The molecule has 1 rings (SSSR count). The third-order valence-electron chi connectivity index (χ3n) is 2.07. The van der Waals surface area contributed by atoms with Crippen LogP contribution in [-0.2, 0) is 4.79 Å². The van der Waals surface area contributed by atoms with Crippen LogP contribution in [0.2, 0.25) is 0 Å². The van der Waals surface area contributed by atoms with Gasteiger partial charge < -0.3 is 10.0 Å². The third kappa shape index (κ3) is 2.61. The molecule has 0 aromatic heterocycles. The first kappa shape index (κ1) is 9.83. The standard InChI is InChI=1S/C7H12N4O2/c8-10-9-4-6-3-7(13)11(5-6)1-2-12/h6,12H,1-5H2. The van der Waals surface area contributed by atoms with Crippen LogP contribution in [0.15, 0.2) is 5.11 Å². The number of aliphatic hydroxyl groups is 1. The van der Waals surface area contributed by atoms with E-state index in [2.05, 4.69) is 10.0 Å². The molecule has 1 aliphatic heterocycles. The largest absolute Gasteiger partial charge is 0.395 e. The van der Waals surface area contributed by atoms with Crippen LogP contribution < -0.4 is 0 Å². The minimum absolute atomic E-state index is 0.0139. The molecular weight excluding hydrogens is 172 g/mol. The molecule has 1 saturated heterocycles. The van der Waals surface area contributed by atoms with E-state index in [-0.39, 0.29) is 18.4 Å². The summed E-state index contributed by atoms with van der Waals surface area (Å²) in [5.41, 5.74) is 8.08. The fourth-order valence-corrected chi connectivity index (χ4v) is 1.47. The monoisotopic (exact) mass is 184 g/mol. The molecule has 0 saturated carbocycles. The Morgan fingerprint density at radius 3 is 3.15 bits per heavy atom. The maximum Gasteiger partial charge on any atom is 0.223 e. The summed E-state index contributed by atoms with van der Waals surface area (Å²) in [4.78, 5) is 15.5. The van der Waals surface area contributed by atoms with Gasteiger partial charge in [0, 0.05) is 31.0 Å². The summed E-state index contributed by atoms with van der Waals surface area (Å²) in [5, 5.41) is 12.1. The summed E-state index contributed by atoms with van der Waals surface area (Å²) >= 11 is 0. The molecular formula is C7H12N4O2. The lowest BCUT2D eigenvalue weighted by atomic mass is 10.1. The quantitative estimate of drug-likeness (QED) is 0.382. The Kier molecular flexibility index (Phi) is 3.54. The number of azide groups is 1. The lowest BCUT2D eigenvalue weighted by Gasteiger charge is -2.13. The summed E-state index contributed by atoms with van der Waals surface area (Å²) in [5.74, 6) is 0.155. The molecule has 1 atom stereocenters. The zero-order valence-corrected chi connectivity index (χ0v) is 7.26. The third-order valence-corrected chi connectivity index (χ3v) is 2.07. The van der Waals surface area contributed by atoms with Crippen molar-refractivity contribution in [3.8, 4) is 0 Å². The van der Waals surface area contributed by atoms with Crippen LogP contribution in [0, 0.1) is 5.92 Å². The van der Waals surface area contributed by atoms with E-state index < -0.39 is 0 Å². The molecule has 0 bridgehead atoms. The first-order valence-electron chi connectivity index (χ1n) is 4.17. The van der Waals surface area contributed by atoms with Crippen LogP contribution in [-0.4, -0.2) is 42.2 Å². The molecule has 13 heavy (non-hydrogen) atoms. The molecule has 1 N–H and O–H groups in total. The Labute approximate surface area is 75.8 Å². The van der Waals surface area contributed by atoms with Gasteiger partial charge in [-0.2, -0.15) is 0 Å². The zero-order chi connectivity index (χ0) is 9.68. The van der Waals surface area contributed by atoms with E-state index in [9.17, 15) is 4.79 Å². The number of likely N-dealkylation sites (tertiary alicyclic amines) is 1. The number of hydrogen-bond donors (Lipinski definition) is 1. The average Bonchev–Trinajstić information content (AvgIpc) is 2.45. The van der Waals surface area contributed by atoms with Gasteiger partial charge in [0.25, 0.3) is 0 Å². The van der Waals surface area contributed by atoms with Gasteiger partial charge in [-0.05, 0) is 11.4 Å². The number of nitrogens with zero attached hydrogens (tertiary/aromatic N) is 4. The predicted octanol–water partition coefficient (Wildman–Crippen LogP) is 0.138. The number of carbonyl (C=O) groups is 1. The van der Waals surface area contributed by atoms with Crippen LogP contribution in [0.4, 0.5) is 0 Å². The SMILES string of the molecule is [N-]=[N+]=NCC1CC(=O)N(CCO)C1. The molecule has 72 valence electrons. The molecule has 1 aliphatic rings. The Morgan fingerprint density at radius 2 is 2.54 bits per heavy atom. The lowest BCUT2D eigenvalue weighted by molar-refractivity contribution is -0.128. The second-order valence-electron chi connectivity index (χ2n) is 3.05. The molecule has 6 nitrogen and oxygen atoms in total. The fraction of sp³-hybridized carbons (Fsp3) is 0.857. The van der Waals surface area contributed by atoms with Crippen molar-refractivity contribution in [1.29, 1.82) is 0 Å². The van der Waals surface area contributed by atoms with Crippen LogP contribution >= 0.6 is 0 Å². The molecule has 1 unspecified atom stereocenters. The molecule has 0 aliphatic carbocycles. The molecule has 0 spiro atoms. The maximum atomic E-state index is 11.2. The number of β-amino-alcohol motifs (C(OH)–C–C–N with tert-alkyl or cyclic N) is 1. The predicted molar refractivity (Wildman–Crippen MR) is 45.8 cm³/mol. The molecule has 6 heteroatoms. The highest BCUT2D eigenvalue weighted by Gasteiger charge is 2.28. The summed E-state index contributed by atoms with van der Waals surface area (Å²) in [7, 11) is 0. The van der Waals surface area contributed by atoms with Crippen LogP contribution in [0.5, 0.6) is 0 Å². The Bertz CT molecular complexity index is 237. The molecule has 1 fully saturated rings. The summed E-state index contributed by atoms with van der Waals surface area (Å²) in [6.07, 6.45) is 0.430. The normalized spacial score (nSPS) is 21.8. The van der Waals surface area contributed by atoms with E-state index in [1.54, 1.807) is 4.90 Å². The van der Waals surface area contributed by atoms with E-state index in [0.717, 1.165) is 0 Å². The molecule has 1 amide bonds. The first-order valence-corrected chi connectivity index (χ1v) is 4.17. The van der Waals surface area contributed by atoms with Crippen molar-refractivity contribution in [3.63, 3.8) is 0 Å². The minimum Gasteiger partial charge on any atom is -0.395 e. The van der Waals surface area contributed by atoms with Gasteiger partial charge in [-0.3, -0.25) is 4.79 Å². The minimum atomic E-state index is -0.0139. The second kappa shape index (κ2) is 4.69. The number of rotatable bonds is 4. The highest BCUT2D eigenvalue weighted by Crippen LogP contribution is 2.17. The van der Waals surface area contributed by atoms with E-state index in [1.165, 1.54) is 0 Å². The maximum absolute atomic E-state index is 11.2. The average molecular weight is 184 g/mol. The summed E-state index contributed by atoms with van der Waals surface area (Å²) in [6.45, 7) is 1.33. The van der Waals surface area contributed by atoms with Gasteiger partial charge in [0.05, 0.1) is 6.61 Å². The first-order chi connectivity index (χ1) is 6.27. The van der Waals surface area contributed by atoms with Gasteiger partial charge in [0.2, 0.25) is 5.91 Å². The van der Waals surface area contributed by atoms with Crippen molar-refractivity contribution < 1.29 is 9.90 Å². The number of carbonyl (C=O) groups excluding carboxylic acids is 1. The van der Waals surface area contributed by atoms with Crippen LogP contribution in [0.1, 0.15) is 6.42 Å². The van der Waals surface area contributed by atoms with Gasteiger partial charge in [0.15, 0.2) is 0 Å².